The number of ether oxygens (including phenoxy) is 1. The highest BCUT2D eigenvalue weighted by Gasteiger charge is 2.21. The van der Waals surface area contributed by atoms with Crippen molar-refractivity contribution in [3.05, 3.63) is 0 Å². The standard InChI is InChI=1S/C13H26O2/c1-3-11(4-2)10-15-13-7-5-12(9-14)6-8-13/h11-14H,3-10H2,1-2H3. The van der Waals surface area contributed by atoms with Crippen molar-refractivity contribution in [2.45, 2.75) is 58.5 Å². The van der Waals surface area contributed by atoms with Crippen LogP contribution in [-0.2, 0) is 4.74 Å². The average molecular weight is 214 g/mol. The number of hydrogen-bond acceptors (Lipinski definition) is 2. The Hall–Kier alpha value is -0.0800. The Balaban J connectivity index is 2.12. The quantitative estimate of drug-likeness (QED) is 0.736. The van der Waals surface area contributed by atoms with Gasteiger partial charge >= 0.3 is 0 Å². The van der Waals surface area contributed by atoms with Crippen molar-refractivity contribution in [2.75, 3.05) is 13.2 Å². The molecule has 0 heterocycles. The van der Waals surface area contributed by atoms with Crippen molar-refractivity contribution < 1.29 is 9.84 Å². The van der Waals surface area contributed by atoms with Crippen LogP contribution in [0, 0.1) is 11.8 Å². The summed E-state index contributed by atoms with van der Waals surface area (Å²) in [5, 5.41) is 9.03. The molecule has 1 aliphatic rings. The number of aliphatic hydroxyl groups is 1. The van der Waals surface area contributed by atoms with Crippen molar-refractivity contribution in [3.8, 4) is 0 Å². The molecule has 0 amide bonds. The summed E-state index contributed by atoms with van der Waals surface area (Å²) in [5.41, 5.74) is 0. The molecule has 0 aliphatic heterocycles. The van der Waals surface area contributed by atoms with Gasteiger partial charge in [0.05, 0.1) is 6.10 Å². The first kappa shape index (κ1) is 13.0. The van der Waals surface area contributed by atoms with E-state index in [0.29, 0.717) is 18.6 Å². The van der Waals surface area contributed by atoms with Gasteiger partial charge in [0.1, 0.15) is 0 Å². The fraction of sp³-hybridized carbons (Fsp3) is 1.00. The monoisotopic (exact) mass is 214 g/mol. The van der Waals surface area contributed by atoms with Gasteiger partial charge in [-0.3, -0.25) is 0 Å². The van der Waals surface area contributed by atoms with E-state index in [0.717, 1.165) is 38.2 Å². The van der Waals surface area contributed by atoms with E-state index in [1.165, 1.54) is 12.8 Å². The number of aliphatic hydroxyl groups excluding tert-OH is 1. The summed E-state index contributed by atoms with van der Waals surface area (Å²) in [5.74, 6) is 1.28. The summed E-state index contributed by atoms with van der Waals surface area (Å²) in [6, 6.07) is 0. The van der Waals surface area contributed by atoms with E-state index in [1.54, 1.807) is 0 Å². The normalized spacial score (nSPS) is 27.2. The number of hydrogen-bond donors (Lipinski definition) is 1. The van der Waals surface area contributed by atoms with Crippen molar-refractivity contribution >= 4 is 0 Å². The molecule has 2 heteroatoms. The molecule has 15 heavy (non-hydrogen) atoms. The molecule has 0 aromatic carbocycles. The summed E-state index contributed by atoms with van der Waals surface area (Å²) in [7, 11) is 0. The van der Waals surface area contributed by atoms with Crippen molar-refractivity contribution in [3.63, 3.8) is 0 Å². The lowest BCUT2D eigenvalue weighted by Gasteiger charge is -2.28. The second kappa shape index (κ2) is 7.24. The highest BCUT2D eigenvalue weighted by molar-refractivity contribution is 4.72. The van der Waals surface area contributed by atoms with E-state index in [-0.39, 0.29) is 0 Å². The first-order valence-electron chi connectivity index (χ1n) is 6.52. The average Bonchev–Trinajstić information content (AvgIpc) is 2.31. The first-order valence-corrected chi connectivity index (χ1v) is 6.52. The SMILES string of the molecule is CCC(CC)COC1CCC(CO)CC1. The molecule has 0 atom stereocenters. The molecule has 0 aromatic rings. The predicted octanol–water partition coefficient (Wildman–Crippen LogP) is 2.99. The van der Waals surface area contributed by atoms with Crippen LogP contribution in [0.1, 0.15) is 52.4 Å². The molecule has 0 radical (unpaired) electrons. The maximum Gasteiger partial charge on any atom is 0.0575 e. The van der Waals surface area contributed by atoms with Gasteiger partial charge in [0.15, 0.2) is 0 Å². The lowest BCUT2D eigenvalue weighted by molar-refractivity contribution is -0.00703. The molecule has 0 saturated heterocycles. The van der Waals surface area contributed by atoms with Crippen LogP contribution in [0.3, 0.4) is 0 Å². The van der Waals surface area contributed by atoms with E-state index in [2.05, 4.69) is 13.8 Å². The summed E-state index contributed by atoms with van der Waals surface area (Å²) in [6.07, 6.45) is 7.49. The van der Waals surface area contributed by atoms with Gasteiger partial charge in [-0.2, -0.15) is 0 Å². The zero-order chi connectivity index (χ0) is 11.1. The van der Waals surface area contributed by atoms with E-state index in [9.17, 15) is 0 Å². The first-order chi connectivity index (χ1) is 7.30. The fourth-order valence-corrected chi connectivity index (χ4v) is 2.28. The van der Waals surface area contributed by atoms with Gasteiger partial charge in [0.25, 0.3) is 0 Å². The molecule has 0 bridgehead atoms. The number of rotatable bonds is 6. The lowest BCUT2D eigenvalue weighted by atomic mass is 9.88. The summed E-state index contributed by atoms with van der Waals surface area (Å²) in [6.45, 7) is 5.76. The minimum absolute atomic E-state index is 0.360. The minimum Gasteiger partial charge on any atom is -0.396 e. The van der Waals surface area contributed by atoms with Crippen LogP contribution >= 0.6 is 0 Å². The van der Waals surface area contributed by atoms with Crippen LogP contribution in [0.4, 0.5) is 0 Å². The van der Waals surface area contributed by atoms with Crippen molar-refractivity contribution in [2.24, 2.45) is 11.8 Å². The van der Waals surface area contributed by atoms with Crippen LogP contribution in [0.2, 0.25) is 0 Å². The second-order valence-electron chi connectivity index (χ2n) is 4.84. The fourth-order valence-electron chi connectivity index (χ4n) is 2.28. The molecule has 1 rings (SSSR count). The molecule has 0 spiro atoms. The van der Waals surface area contributed by atoms with Crippen LogP contribution < -0.4 is 0 Å². The molecule has 90 valence electrons. The van der Waals surface area contributed by atoms with Crippen LogP contribution in [0.15, 0.2) is 0 Å². The van der Waals surface area contributed by atoms with E-state index < -0.39 is 0 Å². The van der Waals surface area contributed by atoms with E-state index >= 15 is 0 Å². The van der Waals surface area contributed by atoms with Crippen LogP contribution in [-0.4, -0.2) is 24.4 Å². The summed E-state index contributed by atoms with van der Waals surface area (Å²) >= 11 is 0. The maximum atomic E-state index is 9.03. The lowest BCUT2D eigenvalue weighted by Crippen LogP contribution is -2.25. The highest BCUT2D eigenvalue weighted by Crippen LogP contribution is 2.26. The Morgan fingerprint density at radius 2 is 1.73 bits per heavy atom. The molecular formula is C13H26O2. The smallest absolute Gasteiger partial charge is 0.0575 e. The van der Waals surface area contributed by atoms with Crippen molar-refractivity contribution in [1.82, 2.24) is 0 Å². The molecule has 1 saturated carbocycles. The molecule has 1 fully saturated rings. The van der Waals surface area contributed by atoms with Crippen LogP contribution in [0.25, 0.3) is 0 Å². The van der Waals surface area contributed by atoms with Crippen molar-refractivity contribution in [1.29, 1.82) is 0 Å². The van der Waals surface area contributed by atoms with Gasteiger partial charge < -0.3 is 9.84 Å². The Morgan fingerprint density at radius 3 is 2.20 bits per heavy atom. The second-order valence-corrected chi connectivity index (χ2v) is 4.84. The highest BCUT2D eigenvalue weighted by atomic mass is 16.5. The minimum atomic E-state index is 0.360. The van der Waals surface area contributed by atoms with Gasteiger partial charge in [0, 0.05) is 13.2 Å². The largest absolute Gasteiger partial charge is 0.396 e. The molecule has 0 aromatic heterocycles. The Morgan fingerprint density at radius 1 is 1.13 bits per heavy atom. The molecule has 1 aliphatic carbocycles. The topological polar surface area (TPSA) is 29.5 Å². The Kier molecular flexibility index (Phi) is 6.26. The molecule has 2 nitrogen and oxygen atoms in total. The summed E-state index contributed by atoms with van der Waals surface area (Å²) in [4.78, 5) is 0. The Bertz CT molecular complexity index is 147. The third-order valence-corrected chi connectivity index (χ3v) is 3.77. The van der Waals surface area contributed by atoms with Gasteiger partial charge in [-0.15, -0.1) is 0 Å². The maximum absolute atomic E-state index is 9.03. The van der Waals surface area contributed by atoms with E-state index in [1.807, 2.05) is 0 Å². The zero-order valence-corrected chi connectivity index (χ0v) is 10.2. The third kappa shape index (κ3) is 4.52. The Labute approximate surface area is 94.0 Å². The molecule has 0 unspecified atom stereocenters. The summed E-state index contributed by atoms with van der Waals surface area (Å²) < 4.78 is 5.94. The molecule has 1 N–H and O–H groups in total. The molecular weight excluding hydrogens is 188 g/mol. The third-order valence-electron chi connectivity index (χ3n) is 3.77. The zero-order valence-electron chi connectivity index (χ0n) is 10.2. The van der Waals surface area contributed by atoms with Gasteiger partial charge in [-0.05, 0) is 37.5 Å². The predicted molar refractivity (Wildman–Crippen MR) is 62.9 cm³/mol. The van der Waals surface area contributed by atoms with Gasteiger partial charge in [-0.1, -0.05) is 26.7 Å². The van der Waals surface area contributed by atoms with E-state index in [4.69, 9.17) is 9.84 Å². The van der Waals surface area contributed by atoms with Crippen LogP contribution in [0.5, 0.6) is 0 Å². The van der Waals surface area contributed by atoms with Gasteiger partial charge in [0.2, 0.25) is 0 Å². The van der Waals surface area contributed by atoms with Gasteiger partial charge in [-0.25, -0.2) is 0 Å².